The minimum atomic E-state index is -0.275. The molecule has 17 heavy (non-hydrogen) atoms. The highest BCUT2D eigenvalue weighted by atomic mass is 16.1. The molecule has 0 saturated heterocycles. The number of carbonyl (C=O) groups excluding carboxylic acids is 1. The van der Waals surface area contributed by atoms with Crippen LogP contribution in [-0.2, 0) is 11.3 Å². The molecule has 0 radical (unpaired) electrons. The molecule has 94 valence electrons. The number of aryl methyl sites for hydroxylation is 2. The van der Waals surface area contributed by atoms with Crippen LogP contribution in [0.4, 0.5) is 0 Å². The fraction of sp³-hybridized carbons (Fsp3) is 0.500. The Bertz CT molecular complexity index is 411. The predicted octanol–water partition coefficient (Wildman–Crippen LogP) is 2.05. The second-order valence-corrected chi connectivity index (χ2v) is 5.31. The molecular formula is C14H22N2O. The molecule has 0 aliphatic carbocycles. The third kappa shape index (κ3) is 4.57. The van der Waals surface area contributed by atoms with Crippen molar-refractivity contribution in [2.75, 3.05) is 0 Å². The number of nitrogens with one attached hydrogen (secondary N) is 1. The van der Waals surface area contributed by atoms with Crippen molar-refractivity contribution in [1.29, 1.82) is 0 Å². The zero-order valence-corrected chi connectivity index (χ0v) is 11.1. The minimum Gasteiger partial charge on any atom is -0.370 e. The van der Waals surface area contributed by atoms with Crippen molar-refractivity contribution in [3.05, 3.63) is 34.9 Å². The van der Waals surface area contributed by atoms with Crippen LogP contribution in [0.3, 0.4) is 0 Å². The van der Waals surface area contributed by atoms with Gasteiger partial charge in [-0.15, -0.1) is 0 Å². The molecule has 0 saturated carbocycles. The van der Waals surface area contributed by atoms with Crippen LogP contribution in [0.2, 0.25) is 0 Å². The van der Waals surface area contributed by atoms with E-state index >= 15 is 0 Å². The Hall–Kier alpha value is -1.35. The lowest BCUT2D eigenvalue weighted by Crippen LogP contribution is -2.42. The third-order valence-electron chi connectivity index (χ3n) is 2.88. The van der Waals surface area contributed by atoms with Crippen LogP contribution in [0.25, 0.3) is 0 Å². The van der Waals surface area contributed by atoms with Gasteiger partial charge in [-0.2, -0.15) is 0 Å². The fourth-order valence-electron chi connectivity index (χ4n) is 1.82. The molecule has 1 aromatic carbocycles. The Kier molecular flexibility index (Phi) is 4.29. The monoisotopic (exact) mass is 234 g/mol. The van der Waals surface area contributed by atoms with Crippen LogP contribution in [-0.4, -0.2) is 11.4 Å². The molecule has 1 aromatic rings. The molecule has 0 aliphatic heterocycles. The molecule has 0 heterocycles. The van der Waals surface area contributed by atoms with E-state index in [9.17, 15) is 4.79 Å². The summed E-state index contributed by atoms with van der Waals surface area (Å²) in [7, 11) is 0. The lowest BCUT2D eigenvalue weighted by atomic mass is 9.98. The van der Waals surface area contributed by atoms with Gasteiger partial charge in [-0.1, -0.05) is 23.8 Å². The van der Waals surface area contributed by atoms with Gasteiger partial charge >= 0.3 is 0 Å². The van der Waals surface area contributed by atoms with E-state index in [0.29, 0.717) is 6.42 Å². The van der Waals surface area contributed by atoms with Gasteiger partial charge in [0.05, 0.1) is 0 Å². The number of carbonyl (C=O) groups is 1. The van der Waals surface area contributed by atoms with Crippen LogP contribution < -0.4 is 11.1 Å². The number of amides is 1. The minimum absolute atomic E-state index is 0.262. The van der Waals surface area contributed by atoms with Crippen molar-refractivity contribution < 1.29 is 4.79 Å². The number of hydrogen-bond acceptors (Lipinski definition) is 2. The van der Waals surface area contributed by atoms with Gasteiger partial charge in [0.1, 0.15) is 0 Å². The van der Waals surface area contributed by atoms with Gasteiger partial charge in [-0.3, -0.25) is 4.79 Å². The summed E-state index contributed by atoms with van der Waals surface area (Å²) in [6.07, 6.45) is 0.345. The predicted molar refractivity (Wildman–Crippen MR) is 70.6 cm³/mol. The first-order valence-corrected chi connectivity index (χ1v) is 5.90. The van der Waals surface area contributed by atoms with Crippen molar-refractivity contribution in [3.8, 4) is 0 Å². The SMILES string of the molecule is Cc1ccc(C)c(CNC(C)(C)CC(N)=O)c1. The van der Waals surface area contributed by atoms with Gasteiger partial charge in [0.25, 0.3) is 0 Å². The van der Waals surface area contributed by atoms with Gasteiger partial charge in [-0.05, 0) is 38.8 Å². The van der Waals surface area contributed by atoms with E-state index in [-0.39, 0.29) is 11.4 Å². The van der Waals surface area contributed by atoms with E-state index in [1.165, 1.54) is 16.7 Å². The maximum absolute atomic E-state index is 10.9. The van der Waals surface area contributed by atoms with E-state index < -0.39 is 0 Å². The molecule has 0 aromatic heterocycles. The molecule has 1 amide bonds. The Morgan fingerprint density at radius 2 is 2.00 bits per heavy atom. The third-order valence-corrected chi connectivity index (χ3v) is 2.88. The molecule has 0 spiro atoms. The number of nitrogens with two attached hydrogens (primary N) is 1. The summed E-state index contributed by atoms with van der Waals surface area (Å²) in [6, 6.07) is 6.39. The largest absolute Gasteiger partial charge is 0.370 e. The lowest BCUT2D eigenvalue weighted by Gasteiger charge is -2.25. The molecule has 0 bridgehead atoms. The van der Waals surface area contributed by atoms with Crippen LogP contribution in [0.15, 0.2) is 18.2 Å². The summed E-state index contributed by atoms with van der Waals surface area (Å²) in [6.45, 7) is 8.91. The molecule has 1 rings (SSSR count). The number of primary amides is 1. The van der Waals surface area contributed by atoms with E-state index in [1.807, 2.05) is 13.8 Å². The topological polar surface area (TPSA) is 55.1 Å². The maximum Gasteiger partial charge on any atom is 0.219 e. The van der Waals surface area contributed by atoms with E-state index in [1.54, 1.807) is 0 Å². The molecule has 3 nitrogen and oxygen atoms in total. The highest BCUT2D eigenvalue weighted by molar-refractivity contribution is 5.75. The summed E-state index contributed by atoms with van der Waals surface area (Å²) in [5, 5.41) is 3.37. The van der Waals surface area contributed by atoms with Crippen molar-refractivity contribution in [2.45, 2.75) is 46.2 Å². The van der Waals surface area contributed by atoms with E-state index in [0.717, 1.165) is 6.54 Å². The second-order valence-electron chi connectivity index (χ2n) is 5.31. The van der Waals surface area contributed by atoms with E-state index in [2.05, 4.69) is 37.4 Å². The van der Waals surface area contributed by atoms with E-state index in [4.69, 9.17) is 5.73 Å². The first kappa shape index (κ1) is 13.7. The quantitative estimate of drug-likeness (QED) is 0.819. The lowest BCUT2D eigenvalue weighted by molar-refractivity contribution is -0.119. The maximum atomic E-state index is 10.9. The summed E-state index contributed by atoms with van der Waals surface area (Å²) in [5.74, 6) is -0.275. The van der Waals surface area contributed by atoms with Gasteiger partial charge in [0, 0.05) is 18.5 Å². The van der Waals surface area contributed by atoms with Crippen molar-refractivity contribution in [3.63, 3.8) is 0 Å². The number of hydrogen-bond donors (Lipinski definition) is 2. The Morgan fingerprint density at radius 1 is 1.35 bits per heavy atom. The molecule has 3 heteroatoms. The molecule has 0 aliphatic rings. The molecule has 3 N–H and O–H groups in total. The highest BCUT2D eigenvalue weighted by Gasteiger charge is 2.19. The summed E-state index contributed by atoms with van der Waals surface area (Å²) in [5.41, 5.74) is 8.74. The Morgan fingerprint density at radius 3 is 2.59 bits per heavy atom. The zero-order valence-electron chi connectivity index (χ0n) is 11.1. The van der Waals surface area contributed by atoms with Gasteiger partial charge in [-0.25, -0.2) is 0 Å². The van der Waals surface area contributed by atoms with Gasteiger partial charge < -0.3 is 11.1 Å². The van der Waals surface area contributed by atoms with Crippen LogP contribution in [0.1, 0.15) is 37.0 Å². The Labute approximate surface area is 103 Å². The highest BCUT2D eigenvalue weighted by Crippen LogP contribution is 2.13. The fourth-order valence-corrected chi connectivity index (χ4v) is 1.82. The normalized spacial score (nSPS) is 11.5. The van der Waals surface area contributed by atoms with Crippen LogP contribution in [0.5, 0.6) is 0 Å². The molecule has 0 unspecified atom stereocenters. The molecule has 0 fully saturated rings. The average molecular weight is 234 g/mol. The number of rotatable bonds is 5. The van der Waals surface area contributed by atoms with Crippen LogP contribution >= 0.6 is 0 Å². The first-order chi connectivity index (χ1) is 7.80. The standard InChI is InChI=1S/C14H22N2O/c1-10-5-6-11(2)12(7-10)9-16-14(3,4)8-13(15)17/h5-7,16H,8-9H2,1-4H3,(H2,15,17). The Balaban J connectivity index is 2.66. The summed E-state index contributed by atoms with van der Waals surface area (Å²) >= 11 is 0. The van der Waals surface area contributed by atoms with Crippen molar-refractivity contribution in [2.24, 2.45) is 5.73 Å². The number of benzene rings is 1. The molecule has 0 atom stereocenters. The first-order valence-electron chi connectivity index (χ1n) is 5.90. The molecular weight excluding hydrogens is 212 g/mol. The average Bonchev–Trinajstić information content (AvgIpc) is 2.17. The summed E-state index contributed by atoms with van der Waals surface area (Å²) in [4.78, 5) is 10.9. The zero-order chi connectivity index (χ0) is 13.1. The summed E-state index contributed by atoms with van der Waals surface area (Å²) < 4.78 is 0. The van der Waals surface area contributed by atoms with Gasteiger partial charge in [0.15, 0.2) is 0 Å². The second kappa shape index (κ2) is 5.32. The van der Waals surface area contributed by atoms with Gasteiger partial charge in [0.2, 0.25) is 5.91 Å². The van der Waals surface area contributed by atoms with Crippen molar-refractivity contribution in [1.82, 2.24) is 5.32 Å². The smallest absolute Gasteiger partial charge is 0.219 e. The van der Waals surface area contributed by atoms with Crippen LogP contribution in [0, 0.1) is 13.8 Å². The van der Waals surface area contributed by atoms with Crippen molar-refractivity contribution >= 4 is 5.91 Å².